The lowest BCUT2D eigenvalue weighted by atomic mass is 10.2. The Bertz CT molecular complexity index is 133. The molecule has 0 saturated heterocycles. The van der Waals surface area contributed by atoms with Crippen molar-refractivity contribution in [3.05, 3.63) is 12.5 Å². The Morgan fingerprint density at radius 1 is 1.36 bits per heavy atom. The standard InChI is InChI=1S/C9H19NO/c1-7(2)10-8(3)11-9(4,5)6/h7,10H,3H2,1-2,4-6H3. The summed E-state index contributed by atoms with van der Waals surface area (Å²) < 4.78 is 5.44. The SMILES string of the molecule is C=C(NC(C)C)OC(C)(C)C. The molecule has 2 nitrogen and oxygen atoms in total. The molecule has 0 heterocycles. The Kier molecular flexibility index (Phi) is 3.43. The van der Waals surface area contributed by atoms with Crippen LogP contribution >= 0.6 is 0 Å². The third kappa shape index (κ3) is 7.23. The van der Waals surface area contributed by atoms with Crippen LogP contribution in [0, 0.1) is 0 Å². The lowest BCUT2D eigenvalue weighted by Gasteiger charge is -2.24. The van der Waals surface area contributed by atoms with Crippen molar-refractivity contribution < 1.29 is 4.74 Å². The normalized spacial score (nSPS) is 11.5. The van der Waals surface area contributed by atoms with E-state index in [1.807, 2.05) is 20.8 Å². The second-order valence-electron chi connectivity index (χ2n) is 3.94. The van der Waals surface area contributed by atoms with E-state index < -0.39 is 0 Å². The first-order valence-corrected chi connectivity index (χ1v) is 3.96. The fraction of sp³-hybridized carbons (Fsp3) is 0.778. The minimum Gasteiger partial charge on any atom is -0.474 e. The highest BCUT2D eigenvalue weighted by atomic mass is 16.5. The molecule has 0 atom stereocenters. The van der Waals surface area contributed by atoms with Gasteiger partial charge in [0.15, 0.2) is 5.88 Å². The fourth-order valence-corrected chi connectivity index (χ4v) is 0.721. The van der Waals surface area contributed by atoms with E-state index in [1.165, 1.54) is 0 Å². The zero-order valence-electron chi connectivity index (χ0n) is 8.19. The van der Waals surface area contributed by atoms with E-state index in [9.17, 15) is 0 Å². The first-order chi connectivity index (χ1) is 4.81. The van der Waals surface area contributed by atoms with Crippen LogP contribution in [0.3, 0.4) is 0 Å². The first-order valence-electron chi connectivity index (χ1n) is 3.96. The van der Waals surface area contributed by atoms with Gasteiger partial charge < -0.3 is 10.1 Å². The second-order valence-corrected chi connectivity index (χ2v) is 3.94. The molecule has 0 fully saturated rings. The number of nitrogens with one attached hydrogen (secondary N) is 1. The van der Waals surface area contributed by atoms with Gasteiger partial charge in [0.2, 0.25) is 0 Å². The fourth-order valence-electron chi connectivity index (χ4n) is 0.721. The molecule has 0 amide bonds. The summed E-state index contributed by atoms with van der Waals surface area (Å²) in [5.74, 6) is 0.646. The molecule has 11 heavy (non-hydrogen) atoms. The van der Waals surface area contributed by atoms with Gasteiger partial charge in [0.25, 0.3) is 0 Å². The molecule has 0 aliphatic heterocycles. The molecular formula is C9H19NO. The summed E-state index contributed by atoms with van der Waals surface area (Å²) in [6.45, 7) is 13.9. The molecule has 0 rings (SSSR count). The van der Waals surface area contributed by atoms with E-state index in [0.29, 0.717) is 11.9 Å². The largest absolute Gasteiger partial charge is 0.474 e. The molecule has 2 heteroatoms. The van der Waals surface area contributed by atoms with Crippen molar-refractivity contribution in [2.75, 3.05) is 0 Å². The van der Waals surface area contributed by atoms with E-state index in [1.54, 1.807) is 0 Å². The van der Waals surface area contributed by atoms with E-state index >= 15 is 0 Å². The molecule has 0 aromatic carbocycles. The summed E-state index contributed by atoms with van der Waals surface area (Å²) >= 11 is 0. The predicted molar refractivity (Wildman–Crippen MR) is 48.2 cm³/mol. The molecule has 0 unspecified atom stereocenters. The molecule has 66 valence electrons. The van der Waals surface area contributed by atoms with E-state index in [2.05, 4.69) is 25.7 Å². The Morgan fingerprint density at radius 2 is 1.82 bits per heavy atom. The molecule has 0 aromatic heterocycles. The average Bonchev–Trinajstić information content (AvgIpc) is 1.53. The van der Waals surface area contributed by atoms with E-state index in [-0.39, 0.29) is 5.60 Å². The van der Waals surface area contributed by atoms with Gasteiger partial charge in [-0.15, -0.1) is 0 Å². The van der Waals surface area contributed by atoms with Crippen molar-refractivity contribution in [3.63, 3.8) is 0 Å². The second kappa shape index (κ2) is 3.65. The molecule has 0 aliphatic carbocycles. The maximum Gasteiger partial charge on any atom is 0.180 e. The maximum absolute atomic E-state index is 5.44. The minimum absolute atomic E-state index is 0.154. The lowest BCUT2D eigenvalue weighted by molar-refractivity contribution is 0.0395. The van der Waals surface area contributed by atoms with Crippen molar-refractivity contribution in [1.29, 1.82) is 0 Å². The number of hydrogen-bond acceptors (Lipinski definition) is 2. The highest BCUT2D eigenvalue weighted by molar-refractivity contribution is 4.84. The first kappa shape index (κ1) is 10.3. The smallest absolute Gasteiger partial charge is 0.180 e. The Hall–Kier alpha value is -0.660. The van der Waals surface area contributed by atoms with Crippen LogP contribution < -0.4 is 5.32 Å². The highest BCUT2D eigenvalue weighted by Crippen LogP contribution is 2.10. The minimum atomic E-state index is -0.154. The topological polar surface area (TPSA) is 21.3 Å². The van der Waals surface area contributed by atoms with Crippen LogP contribution in [0.25, 0.3) is 0 Å². The van der Waals surface area contributed by atoms with Gasteiger partial charge in [0, 0.05) is 6.04 Å². The average molecular weight is 157 g/mol. The quantitative estimate of drug-likeness (QED) is 0.634. The summed E-state index contributed by atoms with van der Waals surface area (Å²) in [5.41, 5.74) is -0.154. The van der Waals surface area contributed by atoms with Gasteiger partial charge in [-0.3, -0.25) is 0 Å². The summed E-state index contributed by atoms with van der Waals surface area (Å²) in [7, 11) is 0. The summed E-state index contributed by atoms with van der Waals surface area (Å²) in [6.07, 6.45) is 0. The van der Waals surface area contributed by atoms with Crippen LogP contribution in [0.4, 0.5) is 0 Å². The van der Waals surface area contributed by atoms with Gasteiger partial charge >= 0.3 is 0 Å². The van der Waals surface area contributed by atoms with Crippen molar-refractivity contribution in [2.24, 2.45) is 0 Å². The molecule has 1 N–H and O–H groups in total. The lowest BCUT2D eigenvalue weighted by Crippen LogP contribution is -2.29. The highest BCUT2D eigenvalue weighted by Gasteiger charge is 2.12. The summed E-state index contributed by atoms with van der Waals surface area (Å²) in [4.78, 5) is 0. The molecule has 0 spiro atoms. The van der Waals surface area contributed by atoms with Gasteiger partial charge in [-0.05, 0) is 41.2 Å². The van der Waals surface area contributed by atoms with Gasteiger partial charge in [0.05, 0.1) is 0 Å². The predicted octanol–water partition coefficient (Wildman–Crippen LogP) is 2.27. The zero-order valence-corrected chi connectivity index (χ0v) is 8.19. The van der Waals surface area contributed by atoms with Crippen molar-refractivity contribution in [1.82, 2.24) is 5.32 Å². The molecular weight excluding hydrogens is 138 g/mol. The Morgan fingerprint density at radius 3 is 2.09 bits per heavy atom. The molecule has 0 aromatic rings. The third-order valence-corrected chi connectivity index (χ3v) is 0.879. The molecule has 0 radical (unpaired) electrons. The van der Waals surface area contributed by atoms with E-state index in [0.717, 1.165) is 0 Å². The zero-order chi connectivity index (χ0) is 9.07. The number of hydrogen-bond donors (Lipinski definition) is 1. The van der Waals surface area contributed by atoms with Crippen LogP contribution in [0.5, 0.6) is 0 Å². The van der Waals surface area contributed by atoms with E-state index in [4.69, 9.17) is 4.74 Å². The van der Waals surface area contributed by atoms with Crippen LogP contribution in [0.2, 0.25) is 0 Å². The third-order valence-electron chi connectivity index (χ3n) is 0.879. The van der Waals surface area contributed by atoms with Crippen LogP contribution in [0.1, 0.15) is 34.6 Å². The van der Waals surface area contributed by atoms with Gasteiger partial charge in [0.1, 0.15) is 5.60 Å². The molecule has 0 aliphatic rings. The Balaban J connectivity index is 3.71. The summed E-state index contributed by atoms with van der Waals surface area (Å²) in [6, 6.07) is 0.379. The van der Waals surface area contributed by atoms with Crippen LogP contribution in [-0.2, 0) is 4.74 Å². The van der Waals surface area contributed by atoms with Crippen molar-refractivity contribution >= 4 is 0 Å². The van der Waals surface area contributed by atoms with Gasteiger partial charge in [-0.1, -0.05) is 0 Å². The van der Waals surface area contributed by atoms with Crippen molar-refractivity contribution in [3.8, 4) is 0 Å². The molecule has 0 saturated carbocycles. The van der Waals surface area contributed by atoms with Crippen LogP contribution in [-0.4, -0.2) is 11.6 Å². The number of rotatable bonds is 3. The number of ether oxygens (including phenoxy) is 1. The van der Waals surface area contributed by atoms with Crippen molar-refractivity contribution in [2.45, 2.75) is 46.3 Å². The Labute approximate surface area is 69.6 Å². The van der Waals surface area contributed by atoms with Gasteiger partial charge in [-0.25, -0.2) is 0 Å². The van der Waals surface area contributed by atoms with Gasteiger partial charge in [-0.2, -0.15) is 0 Å². The van der Waals surface area contributed by atoms with Crippen LogP contribution in [0.15, 0.2) is 12.5 Å². The monoisotopic (exact) mass is 157 g/mol. The molecule has 0 bridgehead atoms. The maximum atomic E-state index is 5.44. The summed E-state index contributed by atoms with van der Waals surface area (Å²) in [5, 5.41) is 3.08.